The van der Waals surface area contributed by atoms with E-state index >= 15 is 0 Å². The second-order valence-electron chi connectivity index (χ2n) is 14.9. The van der Waals surface area contributed by atoms with Gasteiger partial charge in [-0.15, -0.1) is 6.58 Å². The van der Waals surface area contributed by atoms with Gasteiger partial charge in [0.1, 0.15) is 0 Å². The monoisotopic (exact) mass is 556 g/mol. The lowest BCUT2D eigenvalue weighted by Crippen LogP contribution is -2.34. The molecule has 0 bridgehead atoms. The van der Waals surface area contributed by atoms with Crippen LogP contribution in [0.4, 0.5) is 5.69 Å². The van der Waals surface area contributed by atoms with Crippen LogP contribution >= 0.6 is 0 Å². The molecule has 2 atom stereocenters. The predicted molar refractivity (Wildman–Crippen MR) is 182 cm³/mol. The number of likely N-dealkylation sites (N-methyl/N-ethyl adjacent to an activating group) is 1. The van der Waals surface area contributed by atoms with Crippen LogP contribution in [0.2, 0.25) is 0 Å². The third kappa shape index (κ3) is 7.30. The van der Waals surface area contributed by atoms with E-state index in [9.17, 15) is 0 Å². The molecule has 2 unspecified atom stereocenters. The first kappa shape index (κ1) is 33.0. The third-order valence-corrected chi connectivity index (χ3v) is 9.95. The fourth-order valence-electron chi connectivity index (χ4n) is 7.20. The lowest BCUT2D eigenvalue weighted by Gasteiger charge is -2.42. The van der Waals surface area contributed by atoms with Crippen molar-refractivity contribution in [3.8, 4) is 0 Å². The van der Waals surface area contributed by atoms with E-state index in [1.807, 2.05) is 6.08 Å². The molecule has 0 saturated carbocycles. The molecule has 0 fully saturated rings. The molecular weight excluding hydrogens is 496 g/mol. The van der Waals surface area contributed by atoms with Gasteiger partial charge in [0.25, 0.3) is 0 Å². The van der Waals surface area contributed by atoms with Gasteiger partial charge in [0.15, 0.2) is 0 Å². The summed E-state index contributed by atoms with van der Waals surface area (Å²) in [5.41, 5.74) is 10.1. The highest BCUT2D eigenvalue weighted by atomic mass is 15.2. The van der Waals surface area contributed by atoms with E-state index in [0.29, 0.717) is 12.0 Å². The highest BCUT2D eigenvalue weighted by Gasteiger charge is 2.37. The molecule has 2 heteroatoms. The molecule has 3 rings (SSSR count). The summed E-state index contributed by atoms with van der Waals surface area (Å²) in [5, 5.41) is 0. The minimum absolute atomic E-state index is 0.175. The molecule has 2 nitrogen and oxygen atoms in total. The zero-order valence-corrected chi connectivity index (χ0v) is 28.5. The Bertz CT molecular complexity index is 1200. The summed E-state index contributed by atoms with van der Waals surface area (Å²) in [6.45, 7) is 32.4. The first-order valence-corrected chi connectivity index (χ1v) is 16.2. The van der Waals surface area contributed by atoms with Crippen LogP contribution in [0.25, 0.3) is 0 Å². The second kappa shape index (κ2) is 12.8. The minimum Gasteiger partial charge on any atom is -0.345 e. The van der Waals surface area contributed by atoms with Gasteiger partial charge >= 0.3 is 0 Å². The summed E-state index contributed by atoms with van der Waals surface area (Å²) >= 11 is 0. The molecular formula is C39H60N2. The Morgan fingerprint density at radius 1 is 1.10 bits per heavy atom. The van der Waals surface area contributed by atoms with Crippen molar-refractivity contribution in [2.24, 2.45) is 11.3 Å². The highest BCUT2D eigenvalue weighted by molar-refractivity contribution is 5.60. The summed E-state index contributed by atoms with van der Waals surface area (Å²) < 4.78 is 0. The Hall–Kier alpha value is -2.48. The van der Waals surface area contributed by atoms with Gasteiger partial charge in [0.05, 0.1) is 0 Å². The van der Waals surface area contributed by atoms with Crippen LogP contribution < -0.4 is 4.90 Å². The minimum atomic E-state index is 0.175. The molecule has 0 spiro atoms. The van der Waals surface area contributed by atoms with Gasteiger partial charge in [-0.3, -0.25) is 0 Å². The van der Waals surface area contributed by atoms with Gasteiger partial charge < -0.3 is 9.80 Å². The van der Waals surface area contributed by atoms with Crippen molar-refractivity contribution in [2.45, 2.75) is 131 Å². The van der Waals surface area contributed by atoms with Crippen molar-refractivity contribution in [3.05, 3.63) is 89.5 Å². The molecule has 0 saturated heterocycles. The molecule has 1 aromatic rings. The van der Waals surface area contributed by atoms with Crippen molar-refractivity contribution >= 4 is 5.69 Å². The molecule has 0 amide bonds. The van der Waals surface area contributed by atoms with E-state index < -0.39 is 0 Å². The van der Waals surface area contributed by atoms with Crippen molar-refractivity contribution in [3.63, 3.8) is 0 Å². The van der Waals surface area contributed by atoms with Gasteiger partial charge in [-0.2, -0.15) is 0 Å². The normalized spacial score (nSPS) is 20.9. The van der Waals surface area contributed by atoms with Crippen LogP contribution in [0, 0.1) is 11.3 Å². The molecule has 0 heterocycles. The summed E-state index contributed by atoms with van der Waals surface area (Å²) in [4.78, 5) is 4.89. The van der Waals surface area contributed by atoms with E-state index in [0.717, 1.165) is 25.0 Å². The quantitative estimate of drug-likeness (QED) is 0.187. The maximum absolute atomic E-state index is 4.67. The van der Waals surface area contributed by atoms with Crippen LogP contribution in [-0.2, 0) is 10.8 Å². The fraction of sp³-hybridized carbons (Fsp3) is 0.590. The van der Waals surface area contributed by atoms with Gasteiger partial charge in [-0.25, -0.2) is 0 Å². The largest absolute Gasteiger partial charge is 0.345 e. The van der Waals surface area contributed by atoms with Crippen molar-refractivity contribution in [1.29, 1.82) is 0 Å². The molecule has 0 aromatic heterocycles. The summed E-state index contributed by atoms with van der Waals surface area (Å²) in [7, 11) is 2.23. The molecule has 0 radical (unpaired) electrons. The number of fused-ring (bicyclic) bond motifs is 1. The van der Waals surface area contributed by atoms with Gasteiger partial charge in [0.2, 0.25) is 0 Å². The summed E-state index contributed by atoms with van der Waals surface area (Å²) in [6.07, 6.45) is 17.1. The Balaban J connectivity index is 2.03. The molecule has 0 N–H and O–H groups in total. The van der Waals surface area contributed by atoms with Crippen LogP contribution in [0.3, 0.4) is 0 Å². The standard InChI is InChI=1S/C39H60N2/c1-14-17-29(5)41(30(6)25-31(16-3)37(7,8)20-15-2)34-24-28(4)23-33(26-34)40(13)32-18-19-35-36(27-32)39(11,12)22-21-38(35,9)10/h14,18-19,23,25-29H,1,6,15-17,20-22,24H2,2-5,7-13H3/b31-25+. The lowest BCUT2D eigenvalue weighted by atomic mass is 9.63. The van der Waals surface area contributed by atoms with E-state index in [-0.39, 0.29) is 16.2 Å². The van der Waals surface area contributed by atoms with Crippen LogP contribution in [0.1, 0.15) is 125 Å². The number of nitrogens with zero attached hydrogens (tertiary/aromatic N) is 2. The summed E-state index contributed by atoms with van der Waals surface area (Å²) in [5.74, 6) is 0.442. The number of anilines is 1. The Labute approximate surface area is 254 Å². The van der Waals surface area contributed by atoms with Crippen LogP contribution in [0.5, 0.6) is 0 Å². The lowest BCUT2D eigenvalue weighted by molar-refractivity contribution is 0.320. The highest BCUT2D eigenvalue weighted by Crippen LogP contribution is 2.47. The number of hydrogen-bond acceptors (Lipinski definition) is 2. The van der Waals surface area contributed by atoms with E-state index in [1.54, 1.807) is 0 Å². The topological polar surface area (TPSA) is 6.48 Å². The summed E-state index contributed by atoms with van der Waals surface area (Å²) in [6, 6.07) is 7.49. The number of allylic oxidation sites excluding steroid dienone is 5. The van der Waals surface area contributed by atoms with Gasteiger partial charge in [0, 0.05) is 35.9 Å². The zero-order chi connectivity index (χ0) is 30.8. The molecule has 41 heavy (non-hydrogen) atoms. The second-order valence-corrected chi connectivity index (χ2v) is 14.9. The third-order valence-electron chi connectivity index (χ3n) is 9.95. The van der Waals surface area contributed by atoms with Gasteiger partial charge in [-0.05, 0) is 103 Å². The zero-order valence-electron chi connectivity index (χ0n) is 28.5. The first-order valence-electron chi connectivity index (χ1n) is 16.2. The van der Waals surface area contributed by atoms with Crippen molar-refractivity contribution in [2.75, 3.05) is 11.9 Å². The Morgan fingerprint density at radius 2 is 1.73 bits per heavy atom. The average Bonchev–Trinajstić information content (AvgIpc) is 2.89. The fourth-order valence-corrected chi connectivity index (χ4v) is 7.20. The molecule has 2 aliphatic rings. The number of rotatable bonds is 12. The predicted octanol–water partition coefficient (Wildman–Crippen LogP) is 11.2. The van der Waals surface area contributed by atoms with Crippen LogP contribution in [0.15, 0.2) is 78.3 Å². The van der Waals surface area contributed by atoms with Crippen LogP contribution in [-0.4, -0.2) is 18.0 Å². The maximum Gasteiger partial charge on any atom is 0.0411 e. The van der Waals surface area contributed by atoms with Gasteiger partial charge in [-0.1, -0.05) is 99.1 Å². The molecule has 2 aliphatic carbocycles. The smallest absolute Gasteiger partial charge is 0.0411 e. The van der Waals surface area contributed by atoms with Crippen molar-refractivity contribution < 1.29 is 0 Å². The first-order chi connectivity index (χ1) is 19.1. The molecule has 0 aliphatic heterocycles. The van der Waals surface area contributed by atoms with Crippen molar-refractivity contribution in [1.82, 2.24) is 4.90 Å². The van der Waals surface area contributed by atoms with E-state index in [4.69, 9.17) is 0 Å². The van der Waals surface area contributed by atoms with E-state index in [1.165, 1.54) is 59.5 Å². The van der Waals surface area contributed by atoms with E-state index in [2.05, 4.69) is 136 Å². The average molecular weight is 557 g/mol. The number of hydrogen-bond donors (Lipinski definition) is 0. The number of benzene rings is 1. The molecule has 1 aromatic carbocycles. The maximum atomic E-state index is 4.67. The Kier molecular flexibility index (Phi) is 10.3. The molecule has 226 valence electrons. The Morgan fingerprint density at radius 3 is 2.32 bits per heavy atom. The SMILES string of the molecule is C=CCC(C)N(C(=C)/C=C(\CC)C(C)(C)CCC)C1=CC(N(C)c2ccc3c(c2)C(C)(C)CCC3(C)C)=CC(C)C1.